The number of carbonyl (C=O) groups is 1. The molecule has 0 radical (unpaired) electrons. The summed E-state index contributed by atoms with van der Waals surface area (Å²) in [4.78, 5) is 18.1. The zero-order chi connectivity index (χ0) is 19.1. The van der Waals surface area contributed by atoms with Crippen molar-refractivity contribution in [2.75, 3.05) is 32.8 Å². The topological polar surface area (TPSA) is 32.8 Å². The molecule has 2 aliphatic heterocycles. The van der Waals surface area contributed by atoms with E-state index in [1.165, 1.54) is 18.4 Å². The summed E-state index contributed by atoms with van der Waals surface area (Å²) in [5.74, 6) is 0.956. The Kier molecular flexibility index (Phi) is 4.69. The Balaban J connectivity index is 1.38. The van der Waals surface area contributed by atoms with E-state index in [2.05, 4.69) is 42.2 Å². The van der Waals surface area contributed by atoms with E-state index < -0.39 is 0 Å². The molecule has 3 fully saturated rings. The highest BCUT2D eigenvalue weighted by atomic mass is 16.5. The molecule has 5 rings (SSSR count). The van der Waals surface area contributed by atoms with Crippen molar-refractivity contribution < 1.29 is 9.53 Å². The highest BCUT2D eigenvalue weighted by Gasteiger charge is 2.43. The van der Waals surface area contributed by atoms with Crippen LogP contribution in [0.1, 0.15) is 28.8 Å². The number of hydrogen-bond acceptors (Lipinski definition) is 3. The molecule has 1 saturated carbocycles. The normalized spacial score (nSPS) is 25.4. The highest BCUT2D eigenvalue weighted by molar-refractivity contribution is 6.01. The first-order valence-corrected chi connectivity index (χ1v) is 10.5. The summed E-state index contributed by atoms with van der Waals surface area (Å²) >= 11 is 0. The second-order valence-electron chi connectivity index (χ2n) is 8.50. The number of nitrogens with zero attached hydrogens (tertiary/aromatic N) is 2. The van der Waals surface area contributed by atoms with Gasteiger partial charge in [-0.25, -0.2) is 0 Å². The standard InChI is InChI=1S/C24H28N2O2/c1-17-5-4-6-19(13-17)21-7-2-3-8-22(21)24(27)25-11-12-26-20(14-25)15-28-16-23(26)18-9-10-18/h2-8,13,18,20,23H,9-12,14-16H2,1H3/t20-,23-/m1/s1. The van der Waals surface area contributed by atoms with E-state index in [1.807, 2.05) is 23.1 Å². The average molecular weight is 377 g/mol. The monoisotopic (exact) mass is 376 g/mol. The van der Waals surface area contributed by atoms with Gasteiger partial charge in [0.1, 0.15) is 0 Å². The van der Waals surface area contributed by atoms with Crippen LogP contribution in [0.2, 0.25) is 0 Å². The molecule has 1 aliphatic carbocycles. The molecule has 4 heteroatoms. The lowest BCUT2D eigenvalue weighted by molar-refractivity contribution is -0.0816. The molecule has 1 amide bonds. The van der Waals surface area contributed by atoms with Crippen LogP contribution >= 0.6 is 0 Å². The summed E-state index contributed by atoms with van der Waals surface area (Å²) in [6.07, 6.45) is 2.67. The predicted molar refractivity (Wildman–Crippen MR) is 110 cm³/mol. The number of fused-ring (bicyclic) bond motifs is 1. The van der Waals surface area contributed by atoms with Gasteiger partial charge in [0.15, 0.2) is 0 Å². The van der Waals surface area contributed by atoms with Crippen LogP contribution in [-0.4, -0.2) is 60.6 Å². The molecule has 2 saturated heterocycles. The van der Waals surface area contributed by atoms with Crippen LogP contribution in [0.5, 0.6) is 0 Å². The largest absolute Gasteiger partial charge is 0.378 e. The molecule has 0 unspecified atom stereocenters. The Morgan fingerprint density at radius 1 is 1.04 bits per heavy atom. The van der Waals surface area contributed by atoms with E-state index in [1.54, 1.807) is 0 Å². The third kappa shape index (κ3) is 3.36. The molecule has 2 atom stereocenters. The Morgan fingerprint density at radius 2 is 1.89 bits per heavy atom. The van der Waals surface area contributed by atoms with Gasteiger partial charge in [-0.15, -0.1) is 0 Å². The molecule has 0 spiro atoms. The number of hydrogen-bond donors (Lipinski definition) is 0. The minimum atomic E-state index is 0.144. The Morgan fingerprint density at radius 3 is 2.71 bits per heavy atom. The van der Waals surface area contributed by atoms with Gasteiger partial charge in [0.25, 0.3) is 5.91 Å². The second-order valence-corrected chi connectivity index (χ2v) is 8.50. The van der Waals surface area contributed by atoms with E-state index in [9.17, 15) is 4.79 Å². The van der Waals surface area contributed by atoms with Crippen LogP contribution in [0.4, 0.5) is 0 Å². The predicted octanol–water partition coefficient (Wildman–Crippen LogP) is 3.60. The van der Waals surface area contributed by atoms with Crippen molar-refractivity contribution in [3.63, 3.8) is 0 Å². The fourth-order valence-corrected chi connectivity index (χ4v) is 4.85. The van der Waals surface area contributed by atoms with Crippen molar-refractivity contribution in [2.45, 2.75) is 31.8 Å². The second kappa shape index (κ2) is 7.34. The lowest BCUT2D eigenvalue weighted by atomic mass is 9.96. The van der Waals surface area contributed by atoms with Crippen LogP contribution in [0.25, 0.3) is 11.1 Å². The molecule has 2 heterocycles. The first-order valence-electron chi connectivity index (χ1n) is 10.5. The summed E-state index contributed by atoms with van der Waals surface area (Å²) in [5.41, 5.74) is 4.14. The maximum atomic E-state index is 13.4. The molecular weight excluding hydrogens is 348 g/mol. The zero-order valence-electron chi connectivity index (χ0n) is 16.5. The minimum absolute atomic E-state index is 0.144. The molecule has 2 aromatic rings. The Labute approximate surface area is 167 Å². The minimum Gasteiger partial charge on any atom is -0.378 e. The number of ether oxygens (including phenoxy) is 1. The third-order valence-corrected chi connectivity index (χ3v) is 6.49. The van der Waals surface area contributed by atoms with Gasteiger partial charge in [-0.2, -0.15) is 0 Å². The number of aryl methyl sites for hydroxylation is 1. The molecule has 0 bridgehead atoms. The molecule has 28 heavy (non-hydrogen) atoms. The molecule has 146 valence electrons. The molecular formula is C24H28N2O2. The Hall–Kier alpha value is -2.17. The van der Waals surface area contributed by atoms with Gasteiger partial charge < -0.3 is 9.64 Å². The zero-order valence-corrected chi connectivity index (χ0v) is 16.5. The van der Waals surface area contributed by atoms with Crippen molar-refractivity contribution in [3.05, 3.63) is 59.7 Å². The number of piperazine rings is 1. The van der Waals surface area contributed by atoms with Crippen molar-refractivity contribution in [1.82, 2.24) is 9.80 Å². The number of amides is 1. The molecule has 0 aromatic heterocycles. The summed E-state index contributed by atoms with van der Waals surface area (Å²) in [6, 6.07) is 17.3. The van der Waals surface area contributed by atoms with E-state index >= 15 is 0 Å². The van der Waals surface area contributed by atoms with Gasteiger partial charge in [0, 0.05) is 31.2 Å². The number of carbonyl (C=O) groups excluding carboxylic acids is 1. The Bertz CT molecular complexity index is 876. The van der Waals surface area contributed by atoms with E-state index in [4.69, 9.17) is 4.74 Å². The number of benzene rings is 2. The summed E-state index contributed by atoms with van der Waals surface area (Å²) < 4.78 is 5.91. The number of rotatable bonds is 3. The molecule has 2 aromatic carbocycles. The van der Waals surface area contributed by atoms with E-state index in [0.717, 1.165) is 55.5 Å². The fourth-order valence-electron chi connectivity index (χ4n) is 4.85. The average Bonchev–Trinajstić information content (AvgIpc) is 3.58. The van der Waals surface area contributed by atoms with E-state index in [-0.39, 0.29) is 5.91 Å². The maximum absolute atomic E-state index is 13.4. The smallest absolute Gasteiger partial charge is 0.254 e. The van der Waals surface area contributed by atoms with Gasteiger partial charge in [-0.05, 0) is 42.9 Å². The summed E-state index contributed by atoms with van der Waals surface area (Å²) in [6.45, 7) is 6.24. The highest BCUT2D eigenvalue weighted by Crippen LogP contribution is 2.38. The molecule has 0 N–H and O–H groups in total. The van der Waals surface area contributed by atoms with Gasteiger partial charge in [0.05, 0.1) is 19.3 Å². The SMILES string of the molecule is Cc1cccc(-c2ccccc2C(=O)N2CCN3[C@@H](COC[C@@H]3C3CC3)C2)c1. The van der Waals surface area contributed by atoms with Crippen LogP contribution in [0, 0.1) is 12.8 Å². The maximum Gasteiger partial charge on any atom is 0.254 e. The van der Waals surface area contributed by atoms with Crippen molar-refractivity contribution in [1.29, 1.82) is 0 Å². The van der Waals surface area contributed by atoms with Gasteiger partial charge in [-0.1, -0.05) is 48.0 Å². The number of morpholine rings is 1. The van der Waals surface area contributed by atoms with Crippen LogP contribution < -0.4 is 0 Å². The quantitative estimate of drug-likeness (QED) is 0.821. The van der Waals surface area contributed by atoms with Gasteiger partial charge in [0.2, 0.25) is 0 Å². The summed E-state index contributed by atoms with van der Waals surface area (Å²) in [5, 5.41) is 0. The molecule has 3 aliphatic rings. The first kappa shape index (κ1) is 17.9. The lowest BCUT2D eigenvalue weighted by Gasteiger charge is -2.48. The van der Waals surface area contributed by atoms with Crippen molar-refractivity contribution in [2.24, 2.45) is 5.92 Å². The summed E-state index contributed by atoms with van der Waals surface area (Å²) in [7, 11) is 0. The first-order chi connectivity index (χ1) is 13.7. The van der Waals surface area contributed by atoms with Gasteiger partial charge >= 0.3 is 0 Å². The van der Waals surface area contributed by atoms with Crippen LogP contribution in [0.3, 0.4) is 0 Å². The van der Waals surface area contributed by atoms with Crippen LogP contribution in [-0.2, 0) is 4.74 Å². The van der Waals surface area contributed by atoms with Gasteiger partial charge in [-0.3, -0.25) is 9.69 Å². The third-order valence-electron chi connectivity index (χ3n) is 6.49. The molecule has 4 nitrogen and oxygen atoms in total. The van der Waals surface area contributed by atoms with E-state index in [0.29, 0.717) is 12.1 Å². The lowest BCUT2D eigenvalue weighted by Crippen LogP contribution is -2.63. The van der Waals surface area contributed by atoms with Crippen molar-refractivity contribution >= 4 is 5.91 Å². The van der Waals surface area contributed by atoms with Crippen molar-refractivity contribution in [3.8, 4) is 11.1 Å². The van der Waals surface area contributed by atoms with Crippen LogP contribution in [0.15, 0.2) is 48.5 Å². The fraction of sp³-hybridized carbons (Fsp3) is 0.458.